The molecular weight excluding hydrogens is 280 g/mol. The summed E-state index contributed by atoms with van der Waals surface area (Å²) < 4.78 is 10.4. The van der Waals surface area contributed by atoms with Crippen molar-refractivity contribution in [1.82, 2.24) is 0 Å². The minimum Gasteiger partial charge on any atom is -0.462 e. The van der Waals surface area contributed by atoms with Crippen molar-refractivity contribution in [3.05, 3.63) is 34.9 Å². The number of aryl methyl sites for hydroxylation is 1. The zero-order chi connectivity index (χ0) is 16.4. The fourth-order valence-electron chi connectivity index (χ4n) is 2.28. The lowest BCUT2D eigenvalue weighted by atomic mass is 9.99. The third-order valence-electron chi connectivity index (χ3n) is 3.46. The van der Waals surface area contributed by atoms with Crippen molar-refractivity contribution >= 4 is 11.9 Å². The number of carbonyl (C=O) groups excluding carboxylic acids is 2. The third-order valence-corrected chi connectivity index (χ3v) is 3.46. The summed E-state index contributed by atoms with van der Waals surface area (Å²) in [6.45, 7) is 6.49. The number of benzene rings is 1. The average molecular weight is 306 g/mol. The Bertz CT molecular complexity index is 494. The van der Waals surface area contributed by atoms with Gasteiger partial charge in [-0.3, -0.25) is 0 Å². The highest BCUT2D eigenvalue weighted by molar-refractivity contribution is 6.04. The van der Waals surface area contributed by atoms with Crippen molar-refractivity contribution in [2.45, 2.75) is 52.9 Å². The summed E-state index contributed by atoms with van der Waals surface area (Å²) in [5.41, 5.74) is 1.44. The molecule has 0 radical (unpaired) electrons. The lowest BCUT2D eigenvalue weighted by molar-refractivity contribution is 0.0461. The molecule has 0 unspecified atom stereocenters. The van der Waals surface area contributed by atoms with E-state index in [4.69, 9.17) is 9.47 Å². The molecule has 122 valence electrons. The summed E-state index contributed by atoms with van der Waals surface area (Å²) in [5, 5.41) is 0. The second-order valence-electron chi connectivity index (χ2n) is 5.11. The molecule has 0 saturated carbocycles. The molecule has 22 heavy (non-hydrogen) atoms. The molecule has 1 aromatic rings. The van der Waals surface area contributed by atoms with Gasteiger partial charge in [-0.25, -0.2) is 9.59 Å². The van der Waals surface area contributed by atoms with Gasteiger partial charge in [-0.05, 0) is 31.4 Å². The van der Waals surface area contributed by atoms with Gasteiger partial charge in [-0.2, -0.15) is 0 Å². The maximum absolute atomic E-state index is 12.2. The van der Waals surface area contributed by atoms with Gasteiger partial charge in [0.1, 0.15) is 0 Å². The Morgan fingerprint density at radius 3 is 2.36 bits per heavy atom. The van der Waals surface area contributed by atoms with Gasteiger partial charge in [-0.15, -0.1) is 0 Å². The average Bonchev–Trinajstić information content (AvgIpc) is 2.53. The minimum absolute atomic E-state index is 0.280. The van der Waals surface area contributed by atoms with Crippen LogP contribution in [-0.2, 0) is 15.9 Å². The van der Waals surface area contributed by atoms with Crippen molar-refractivity contribution in [1.29, 1.82) is 0 Å². The Labute approximate surface area is 132 Å². The molecule has 0 aliphatic rings. The molecule has 0 aliphatic heterocycles. The molecule has 0 aromatic heterocycles. The largest absolute Gasteiger partial charge is 0.462 e. The highest BCUT2D eigenvalue weighted by atomic mass is 16.5. The van der Waals surface area contributed by atoms with Gasteiger partial charge in [-0.1, -0.05) is 45.2 Å². The van der Waals surface area contributed by atoms with E-state index in [1.165, 1.54) is 0 Å². The first-order valence-electron chi connectivity index (χ1n) is 8.11. The van der Waals surface area contributed by atoms with E-state index in [-0.39, 0.29) is 6.61 Å². The number of esters is 2. The predicted octanol–water partition coefficient (Wildman–Crippen LogP) is 4.16. The summed E-state index contributed by atoms with van der Waals surface area (Å²) in [5.74, 6) is -0.910. The quantitative estimate of drug-likeness (QED) is 0.508. The van der Waals surface area contributed by atoms with E-state index < -0.39 is 11.9 Å². The van der Waals surface area contributed by atoms with Crippen LogP contribution in [0.3, 0.4) is 0 Å². The van der Waals surface area contributed by atoms with E-state index in [0.717, 1.165) is 31.2 Å². The number of carbonyl (C=O) groups is 2. The fourth-order valence-corrected chi connectivity index (χ4v) is 2.28. The van der Waals surface area contributed by atoms with Gasteiger partial charge < -0.3 is 9.47 Å². The van der Waals surface area contributed by atoms with Crippen LogP contribution < -0.4 is 0 Å². The van der Waals surface area contributed by atoms with Crippen molar-refractivity contribution < 1.29 is 19.1 Å². The Balaban J connectivity index is 2.84. The van der Waals surface area contributed by atoms with E-state index >= 15 is 0 Å². The monoisotopic (exact) mass is 306 g/mol. The number of rotatable bonds is 9. The highest BCUT2D eigenvalue weighted by Gasteiger charge is 2.22. The fraction of sp³-hybridized carbons (Fsp3) is 0.556. The van der Waals surface area contributed by atoms with E-state index in [1.54, 1.807) is 19.1 Å². The van der Waals surface area contributed by atoms with Crippen LogP contribution in [0.5, 0.6) is 0 Å². The molecule has 0 atom stereocenters. The van der Waals surface area contributed by atoms with Gasteiger partial charge in [0.25, 0.3) is 0 Å². The molecule has 0 bridgehead atoms. The SMILES string of the molecule is CCCCCCOC(=O)c1cccc(CC)c1C(=O)OCC. The Morgan fingerprint density at radius 1 is 0.955 bits per heavy atom. The van der Waals surface area contributed by atoms with Crippen LogP contribution in [0.4, 0.5) is 0 Å². The lowest BCUT2D eigenvalue weighted by Crippen LogP contribution is -2.16. The molecule has 4 nitrogen and oxygen atoms in total. The van der Waals surface area contributed by atoms with Crippen molar-refractivity contribution in [3.63, 3.8) is 0 Å². The smallest absolute Gasteiger partial charge is 0.339 e. The van der Waals surface area contributed by atoms with E-state index in [9.17, 15) is 9.59 Å². The zero-order valence-electron chi connectivity index (χ0n) is 13.8. The Hall–Kier alpha value is -1.84. The minimum atomic E-state index is -0.460. The van der Waals surface area contributed by atoms with E-state index in [1.807, 2.05) is 13.0 Å². The van der Waals surface area contributed by atoms with Gasteiger partial charge in [0.05, 0.1) is 24.3 Å². The number of hydrogen-bond acceptors (Lipinski definition) is 4. The topological polar surface area (TPSA) is 52.6 Å². The summed E-state index contributed by atoms with van der Waals surface area (Å²) in [6, 6.07) is 5.24. The number of unbranched alkanes of at least 4 members (excludes halogenated alkanes) is 3. The zero-order valence-corrected chi connectivity index (χ0v) is 13.8. The molecule has 1 rings (SSSR count). The van der Waals surface area contributed by atoms with Crippen LogP contribution in [0, 0.1) is 0 Å². The van der Waals surface area contributed by atoms with Crippen molar-refractivity contribution in [2.75, 3.05) is 13.2 Å². The summed E-state index contributed by atoms with van der Waals surface area (Å²) in [6.07, 6.45) is 4.83. The molecule has 0 amide bonds. The standard InChI is InChI=1S/C18H26O4/c1-4-7-8-9-13-22-17(19)15-12-10-11-14(5-2)16(15)18(20)21-6-3/h10-12H,4-9,13H2,1-3H3. The summed E-state index contributed by atoms with van der Waals surface area (Å²) in [4.78, 5) is 24.4. The van der Waals surface area contributed by atoms with Gasteiger partial charge in [0, 0.05) is 0 Å². The molecule has 0 spiro atoms. The van der Waals surface area contributed by atoms with Gasteiger partial charge >= 0.3 is 11.9 Å². The number of ether oxygens (including phenoxy) is 2. The van der Waals surface area contributed by atoms with Gasteiger partial charge in [0.2, 0.25) is 0 Å². The van der Waals surface area contributed by atoms with Gasteiger partial charge in [0.15, 0.2) is 0 Å². The van der Waals surface area contributed by atoms with Crippen LogP contribution in [0.25, 0.3) is 0 Å². The second-order valence-corrected chi connectivity index (χ2v) is 5.11. The summed E-state index contributed by atoms with van der Waals surface area (Å²) in [7, 11) is 0. The molecule has 0 saturated heterocycles. The highest BCUT2D eigenvalue weighted by Crippen LogP contribution is 2.18. The molecule has 0 heterocycles. The summed E-state index contributed by atoms with van der Waals surface area (Å²) >= 11 is 0. The molecule has 0 aliphatic carbocycles. The first-order chi connectivity index (χ1) is 10.7. The van der Waals surface area contributed by atoms with Crippen molar-refractivity contribution in [3.8, 4) is 0 Å². The normalized spacial score (nSPS) is 10.3. The first kappa shape index (κ1) is 18.2. The van der Waals surface area contributed by atoms with Crippen LogP contribution in [0.1, 0.15) is 72.7 Å². The molecule has 1 aromatic carbocycles. The van der Waals surface area contributed by atoms with Crippen LogP contribution in [0.15, 0.2) is 18.2 Å². The predicted molar refractivity (Wildman–Crippen MR) is 86.2 cm³/mol. The van der Waals surface area contributed by atoms with Crippen LogP contribution >= 0.6 is 0 Å². The lowest BCUT2D eigenvalue weighted by Gasteiger charge is -2.12. The molecule has 0 N–H and O–H groups in total. The molecular formula is C18H26O4. The van der Waals surface area contributed by atoms with Crippen LogP contribution in [0.2, 0.25) is 0 Å². The van der Waals surface area contributed by atoms with E-state index in [0.29, 0.717) is 24.2 Å². The Morgan fingerprint density at radius 2 is 1.73 bits per heavy atom. The third kappa shape index (κ3) is 5.17. The number of hydrogen-bond donors (Lipinski definition) is 0. The maximum Gasteiger partial charge on any atom is 0.339 e. The Kier molecular flexibility index (Phi) is 8.26. The first-order valence-corrected chi connectivity index (χ1v) is 8.11. The van der Waals surface area contributed by atoms with Crippen molar-refractivity contribution in [2.24, 2.45) is 0 Å². The maximum atomic E-state index is 12.2. The molecule has 4 heteroatoms. The van der Waals surface area contributed by atoms with E-state index in [2.05, 4.69) is 6.92 Å². The molecule has 0 fully saturated rings. The second kappa shape index (κ2) is 9.98. The van der Waals surface area contributed by atoms with Crippen LogP contribution in [-0.4, -0.2) is 25.2 Å².